The third-order valence-electron chi connectivity index (χ3n) is 1.65. The van der Waals surface area contributed by atoms with E-state index in [-0.39, 0.29) is 6.10 Å². The van der Waals surface area contributed by atoms with Crippen LogP contribution in [0.25, 0.3) is 4.85 Å². The number of nitrogens with zero attached hydrogens (tertiary/aromatic N) is 1. The Balaban J connectivity index is 3.87. The van der Waals surface area contributed by atoms with E-state index >= 15 is 0 Å². The number of rotatable bonds is 7. The van der Waals surface area contributed by atoms with E-state index in [4.69, 9.17) is 11.3 Å². The quantitative estimate of drug-likeness (QED) is 0.276. The summed E-state index contributed by atoms with van der Waals surface area (Å²) in [6.07, 6.45) is 9.27. The normalized spacial score (nSPS) is 12.5. The molecule has 0 aromatic heterocycles. The molecule has 0 radical (unpaired) electrons. The van der Waals surface area contributed by atoms with Crippen LogP contribution in [0.4, 0.5) is 0 Å². The summed E-state index contributed by atoms with van der Waals surface area (Å²) in [5.74, 6) is 1.65. The van der Waals surface area contributed by atoms with Gasteiger partial charge in [-0.05, 0) is 6.42 Å². The highest BCUT2D eigenvalue weighted by Gasteiger charge is 2.00. The second-order valence-electron chi connectivity index (χ2n) is 2.75. The minimum absolute atomic E-state index is 0.0385. The maximum absolute atomic E-state index is 9.82. The Bertz CT molecular complexity index is 293. The maximum atomic E-state index is 9.82. The zero-order chi connectivity index (χ0) is 11.4. The Morgan fingerprint density at radius 2 is 2.27 bits per heavy atom. The lowest BCUT2D eigenvalue weighted by Crippen LogP contribution is -2.10. The van der Waals surface area contributed by atoms with Crippen molar-refractivity contribution in [2.75, 3.05) is 13.2 Å². The highest BCUT2D eigenvalue weighted by Crippen LogP contribution is 2.00. The van der Waals surface area contributed by atoms with Crippen LogP contribution >= 0.6 is 0 Å². The fourth-order valence-electron chi connectivity index (χ4n) is 0.906. The minimum atomic E-state index is 0.0385. The first-order chi connectivity index (χ1) is 7.35. The van der Waals surface area contributed by atoms with Crippen LogP contribution in [-0.2, 0) is 9.53 Å². The van der Waals surface area contributed by atoms with E-state index in [9.17, 15) is 4.79 Å². The van der Waals surface area contributed by atoms with Crippen LogP contribution in [-0.4, -0.2) is 25.2 Å². The Hall–Kier alpha value is -1.62. The Morgan fingerprint density at radius 3 is 2.87 bits per heavy atom. The number of allylic oxidation sites excluding steroid dienone is 4. The van der Waals surface area contributed by atoms with Gasteiger partial charge in [0.2, 0.25) is 6.54 Å². The summed E-state index contributed by atoms with van der Waals surface area (Å²) in [6.45, 7) is 9.47. The van der Waals surface area contributed by atoms with Gasteiger partial charge in [0, 0.05) is 6.08 Å². The first-order valence-corrected chi connectivity index (χ1v) is 4.84. The van der Waals surface area contributed by atoms with Crippen LogP contribution in [0.3, 0.4) is 0 Å². The molecule has 0 heterocycles. The third-order valence-corrected chi connectivity index (χ3v) is 1.65. The van der Waals surface area contributed by atoms with Gasteiger partial charge in [0.05, 0.1) is 6.10 Å². The van der Waals surface area contributed by atoms with E-state index in [0.29, 0.717) is 13.2 Å². The third kappa shape index (κ3) is 8.70. The Kier molecular flexibility index (Phi) is 9.33. The average Bonchev–Trinajstić information content (AvgIpc) is 2.26. The molecule has 15 heavy (non-hydrogen) atoms. The molecule has 0 saturated heterocycles. The summed E-state index contributed by atoms with van der Waals surface area (Å²) in [5, 5.41) is 0. The molecule has 0 saturated carbocycles. The molecule has 0 fully saturated rings. The fourth-order valence-corrected chi connectivity index (χ4v) is 0.906. The molecule has 0 aromatic rings. The SMILES string of the molecule is [C-]#[N+]CCOC(/C=C/C=C/C=C=O)CC. The molecule has 0 aromatic carbocycles. The first-order valence-electron chi connectivity index (χ1n) is 4.84. The van der Waals surface area contributed by atoms with Crippen molar-refractivity contribution >= 4 is 5.94 Å². The number of ether oxygens (including phenoxy) is 1. The zero-order valence-corrected chi connectivity index (χ0v) is 8.85. The number of carbonyl (C=O) groups excluding carboxylic acids is 1. The molecule has 3 nitrogen and oxygen atoms in total. The van der Waals surface area contributed by atoms with Crippen LogP contribution < -0.4 is 0 Å². The molecule has 0 aliphatic carbocycles. The van der Waals surface area contributed by atoms with Crippen molar-refractivity contribution < 1.29 is 9.53 Å². The summed E-state index contributed by atoms with van der Waals surface area (Å²) in [7, 11) is 0. The average molecular weight is 205 g/mol. The molecular weight excluding hydrogens is 190 g/mol. The van der Waals surface area contributed by atoms with Crippen molar-refractivity contribution in [2.45, 2.75) is 19.4 Å². The molecule has 0 N–H and O–H groups in total. The minimum Gasteiger partial charge on any atom is -0.366 e. The molecule has 1 unspecified atom stereocenters. The number of hydrogen-bond acceptors (Lipinski definition) is 2. The fraction of sp³-hybridized carbons (Fsp3) is 0.417. The van der Waals surface area contributed by atoms with Crippen molar-refractivity contribution in [3.8, 4) is 0 Å². The predicted molar refractivity (Wildman–Crippen MR) is 60.0 cm³/mol. The lowest BCUT2D eigenvalue weighted by Gasteiger charge is -2.08. The summed E-state index contributed by atoms with van der Waals surface area (Å²) in [4.78, 5) is 13.0. The maximum Gasteiger partial charge on any atom is 0.237 e. The van der Waals surface area contributed by atoms with Crippen molar-refractivity contribution in [3.63, 3.8) is 0 Å². The van der Waals surface area contributed by atoms with E-state index in [0.717, 1.165) is 6.42 Å². The predicted octanol–water partition coefficient (Wildman–Crippen LogP) is 2.20. The first kappa shape index (κ1) is 13.4. The van der Waals surface area contributed by atoms with Gasteiger partial charge in [0.15, 0.2) is 0 Å². The highest BCUT2D eigenvalue weighted by molar-refractivity contribution is 5.48. The summed E-state index contributed by atoms with van der Waals surface area (Å²) >= 11 is 0. The van der Waals surface area contributed by atoms with Gasteiger partial charge in [0.1, 0.15) is 12.5 Å². The van der Waals surface area contributed by atoms with Crippen molar-refractivity contribution in [1.82, 2.24) is 0 Å². The van der Waals surface area contributed by atoms with Gasteiger partial charge in [0.25, 0.3) is 0 Å². The van der Waals surface area contributed by atoms with Crippen LogP contribution in [0.15, 0.2) is 30.4 Å². The summed E-state index contributed by atoms with van der Waals surface area (Å²) in [6, 6.07) is 0. The second-order valence-corrected chi connectivity index (χ2v) is 2.75. The molecule has 1 atom stereocenters. The summed E-state index contributed by atoms with van der Waals surface area (Å²) < 4.78 is 5.42. The number of hydrogen-bond donors (Lipinski definition) is 0. The van der Waals surface area contributed by atoms with Gasteiger partial charge in [-0.3, -0.25) is 0 Å². The van der Waals surface area contributed by atoms with Crippen LogP contribution in [0.1, 0.15) is 13.3 Å². The molecule has 80 valence electrons. The van der Waals surface area contributed by atoms with E-state index in [1.165, 1.54) is 6.08 Å². The standard InChI is InChI=1S/C12H15NO2/c1-3-12(15-11-9-13-2)8-6-4-5-7-10-14/h4-8,12H,3,9,11H2,1H3/b5-4+,8-6+. The molecule has 0 aliphatic heterocycles. The molecular formula is C12H15NO2. The molecule has 0 amide bonds. The molecule has 3 heteroatoms. The largest absolute Gasteiger partial charge is 0.366 e. The highest BCUT2D eigenvalue weighted by atomic mass is 16.5. The van der Waals surface area contributed by atoms with E-state index in [1.807, 2.05) is 19.1 Å². The van der Waals surface area contributed by atoms with Crippen molar-refractivity contribution in [2.24, 2.45) is 0 Å². The lowest BCUT2D eigenvalue weighted by atomic mass is 10.2. The molecule has 0 spiro atoms. The van der Waals surface area contributed by atoms with Gasteiger partial charge in [-0.2, -0.15) is 0 Å². The van der Waals surface area contributed by atoms with Gasteiger partial charge in [-0.15, -0.1) is 0 Å². The van der Waals surface area contributed by atoms with Crippen LogP contribution in [0.5, 0.6) is 0 Å². The Morgan fingerprint density at radius 1 is 1.47 bits per heavy atom. The smallest absolute Gasteiger partial charge is 0.237 e. The van der Waals surface area contributed by atoms with Gasteiger partial charge >= 0.3 is 0 Å². The zero-order valence-electron chi connectivity index (χ0n) is 8.85. The topological polar surface area (TPSA) is 30.7 Å². The van der Waals surface area contributed by atoms with Gasteiger partial charge < -0.3 is 9.58 Å². The lowest BCUT2D eigenvalue weighted by molar-refractivity contribution is 0.0924. The van der Waals surface area contributed by atoms with Gasteiger partial charge in [-0.1, -0.05) is 31.2 Å². The van der Waals surface area contributed by atoms with Crippen molar-refractivity contribution in [3.05, 3.63) is 41.8 Å². The van der Waals surface area contributed by atoms with Gasteiger partial charge in [-0.25, -0.2) is 11.4 Å². The van der Waals surface area contributed by atoms with E-state index in [1.54, 1.807) is 18.1 Å². The van der Waals surface area contributed by atoms with E-state index in [2.05, 4.69) is 4.85 Å². The second kappa shape index (κ2) is 10.5. The monoisotopic (exact) mass is 205 g/mol. The Labute approximate surface area is 90.6 Å². The molecule has 0 bridgehead atoms. The van der Waals surface area contributed by atoms with Crippen LogP contribution in [0.2, 0.25) is 0 Å². The molecule has 0 rings (SSSR count). The molecule has 0 aliphatic rings. The van der Waals surface area contributed by atoms with E-state index < -0.39 is 0 Å². The van der Waals surface area contributed by atoms with Crippen LogP contribution in [0, 0.1) is 6.57 Å². The van der Waals surface area contributed by atoms with Crippen molar-refractivity contribution in [1.29, 1.82) is 0 Å². The summed E-state index contributed by atoms with van der Waals surface area (Å²) in [5.41, 5.74) is 0.